The van der Waals surface area contributed by atoms with E-state index in [1.807, 2.05) is 46.2 Å². The van der Waals surface area contributed by atoms with Gasteiger partial charge in [0.25, 0.3) is 0 Å². The lowest BCUT2D eigenvalue weighted by molar-refractivity contribution is -0.122. The number of amides is 2. The first-order valence-corrected chi connectivity index (χ1v) is 14.2. The molecule has 0 N–H and O–H groups in total. The highest BCUT2D eigenvalue weighted by Crippen LogP contribution is 2.53. The molecule has 2 aromatic carbocycles. The number of nitrogens with zero attached hydrogens (tertiary/aromatic N) is 2. The number of fused-ring (bicyclic) bond motifs is 2. The predicted octanol–water partition coefficient (Wildman–Crippen LogP) is 7.15. The van der Waals surface area contributed by atoms with Crippen molar-refractivity contribution in [1.82, 2.24) is 0 Å². The van der Waals surface area contributed by atoms with E-state index in [2.05, 4.69) is 64.4 Å². The van der Waals surface area contributed by atoms with Gasteiger partial charge in [0.05, 0.1) is 11.8 Å². The molecule has 8 unspecified atom stereocenters. The smallest absolute Gasteiger partial charge is 0.235 e. The van der Waals surface area contributed by atoms with Crippen LogP contribution in [0.25, 0.3) is 0 Å². The second-order valence-electron chi connectivity index (χ2n) is 12.2. The molecule has 2 heterocycles. The first-order chi connectivity index (χ1) is 18.7. The van der Waals surface area contributed by atoms with Crippen LogP contribution in [0.4, 0.5) is 11.4 Å². The minimum absolute atomic E-state index is 0.00250. The van der Waals surface area contributed by atoms with Crippen LogP contribution >= 0.6 is 0 Å². The molecule has 2 amide bonds. The lowest BCUT2D eigenvalue weighted by Crippen LogP contribution is -2.28. The molecule has 39 heavy (non-hydrogen) atoms. The number of anilines is 2. The van der Waals surface area contributed by atoms with Crippen LogP contribution in [0.5, 0.6) is 0 Å². The Morgan fingerprint density at radius 1 is 0.667 bits per heavy atom. The molecule has 0 bridgehead atoms. The number of rotatable bonds is 6. The van der Waals surface area contributed by atoms with Gasteiger partial charge in [-0.05, 0) is 78.3 Å². The Bertz CT molecular complexity index is 1260. The highest BCUT2D eigenvalue weighted by molar-refractivity contribution is 6.03. The summed E-state index contributed by atoms with van der Waals surface area (Å²) in [5.41, 5.74) is 5.93. The Balaban J connectivity index is 1.15. The SMILES string of the molecule is C=CC1CC(C)C2C(=O)N(c3ccc(Cc4ccc(N5C(=C)C6C(C)CC(C=C)C6C5=O)cc4)cc3)C(=C)C12. The number of benzene rings is 2. The Morgan fingerprint density at radius 2 is 1.08 bits per heavy atom. The number of carbonyl (C=O) groups excluding carboxylic acids is 2. The fourth-order valence-corrected chi connectivity index (χ4v) is 8.12. The summed E-state index contributed by atoms with van der Waals surface area (Å²) < 4.78 is 0. The summed E-state index contributed by atoms with van der Waals surface area (Å²) in [5.74, 6) is 1.95. The van der Waals surface area contributed by atoms with Gasteiger partial charge >= 0.3 is 0 Å². The van der Waals surface area contributed by atoms with Gasteiger partial charge in [-0.3, -0.25) is 19.4 Å². The van der Waals surface area contributed by atoms with Crippen LogP contribution < -0.4 is 9.80 Å². The van der Waals surface area contributed by atoms with Gasteiger partial charge in [0.15, 0.2) is 0 Å². The summed E-state index contributed by atoms with van der Waals surface area (Å²) in [6.07, 6.45) is 6.72. The van der Waals surface area contributed by atoms with Gasteiger partial charge in [0.2, 0.25) is 11.8 Å². The van der Waals surface area contributed by atoms with Gasteiger partial charge in [0.1, 0.15) is 0 Å². The van der Waals surface area contributed by atoms with Crippen LogP contribution in [0.15, 0.2) is 98.4 Å². The molecule has 2 saturated heterocycles. The molecule has 2 aliphatic carbocycles. The van der Waals surface area contributed by atoms with E-state index in [1.165, 1.54) is 11.1 Å². The van der Waals surface area contributed by atoms with Crippen LogP contribution in [-0.4, -0.2) is 11.8 Å². The summed E-state index contributed by atoms with van der Waals surface area (Å²) >= 11 is 0. The number of carbonyl (C=O) groups is 2. The maximum absolute atomic E-state index is 13.4. The highest BCUT2D eigenvalue weighted by atomic mass is 16.2. The van der Waals surface area contributed by atoms with Crippen LogP contribution in [0.1, 0.15) is 37.8 Å². The molecule has 0 aromatic heterocycles. The Labute approximate surface area is 232 Å². The molecular formula is C35H38N2O2. The number of hydrogen-bond acceptors (Lipinski definition) is 2. The van der Waals surface area contributed by atoms with Gasteiger partial charge in [-0.15, -0.1) is 13.2 Å². The minimum atomic E-state index is -0.0350. The molecule has 4 nitrogen and oxygen atoms in total. The molecular weight excluding hydrogens is 480 g/mol. The molecule has 2 aliphatic heterocycles. The predicted molar refractivity (Wildman–Crippen MR) is 158 cm³/mol. The quantitative estimate of drug-likeness (QED) is 0.381. The molecule has 4 fully saturated rings. The average Bonchev–Trinajstić information content (AvgIpc) is 3.61. The lowest BCUT2D eigenvalue weighted by atomic mass is 9.89. The van der Waals surface area contributed by atoms with E-state index in [4.69, 9.17) is 0 Å². The van der Waals surface area contributed by atoms with Crippen molar-refractivity contribution < 1.29 is 9.59 Å². The molecule has 0 radical (unpaired) electrons. The zero-order valence-electron chi connectivity index (χ0n) is 23.1. The summed E-state index contributed by atoms with van der Waals surface area (Å²) in [6.45, 7) is 21.0. The Morgan fingerprint density at radius 3 is 1.56 bits per heavy atom. The van der Waals surface area contributed by atoms with Gasteiger partial charge in [-0.2, -0.15) is 0 Å². The zero-order valence-corrected chi connectivity index (χ0v) is 23.1. The van der Waals surface area contributed by atoms with Crippen molar-refractivity contribution in [2.24, 2.45) is 47.3 Å². The average molecular weight is 519 g/mol. The maximum atomic E-state index is 13.4. The lowest BCUT2D eigenvalue weighted by Gasteiger charge is -2.23. The summed E-state index contributed by atoms with van der Waals surface area (Å²) in [7, 11) is 0. The maximum Gasteiger partial charge on any atom is 0.235 e. The van der Waals surface area contributed by atoms with E-state index in [0.29, 0.717) is 17.8 Å². The van der Waals surface area contributed by atoms with Crippen LogP contribution in [0.2, 0.25) is 0 Å². The van der Waals surface area contributed by atoms with E-state index in [0.717, 1.165) is 42.0 Å². The van der Waals surface area contributed by atoms with E-state index in [9.17, 15) is 9.59 Å². The van der Waals surface area contributed by atoms with Crippen molar-refractivity contribution >= 4 is 23.2 Å². The van der Waals surface area contributed by atoms with Crippen molar-refractivity contribution in [1.29, 1.82) is 0 Å². The summed E-state index contributed by atoms with van der Waals surface area (Å²) in [6, 6.07) is 16.5. The van der Waals surface area contributed by atoms with E-state index in [-0.39, 0.29) is 41.4 Å². The van der Waals surface area contributed by atoms with Crippen molar-refractivity contribution in [2.75, 3.05) is 9.80 Å². The third kappa shape index (κ3) is 3.87. The van der Waals surface area contributed by atoms with Crippen molar-refractivity contribution in [3.05, 3.63) is 110 Å². The third-order valence-corrected chi connectivity index (χ3v) is 9.97. The number of allylic oxidation sites excluding steroid dienone is 4. The van der Waals surface area contributed by atoms with Gasteiger partial charge in [-0.1, -0.05) is 63.4 Å². The second kappa shape index (κ2) is 9.51. The monoisotopic (exact) mass is 518 g/mol. The molecule has 4 aliphatic rings. The van der Waals surface area contributed by atoms with Crippen molar-refractivity contribution in [3.63, 3.8) is 0 Å². The van der Waals surface area contributed by atoms with Crippen molar-refractivity contribution in [2.45, 2.75) is 33.1 Å². The minimum Gasteiger partial charge on any atom is -0.285 e. The fourth-order valence-electron chi connectivity index (χ4n) is 8.12. The number of hydrogen-bond donors (Lipinski definition) is 0. The molecule has 2 aromatic rings. The fraction of sp³-hybridized carbons (Fsp3) is 0.371. The van der Waals surface area contributed by atoms with Crippen LogP contribution in [0.3, 0.4) is 0 Å². The normalized spacial score (nSPS) is 33.6. The zero-order chi connectivity index (χ0) is 27.6. The van der Waals surface area contributed by atoms with Gasteiger partial charge in [0, 0.05) is 34.6 Å². The van der Waals surface area contributed by atoms with E-state index >= 15 is 0 Å². The molecule has 200 valence electrons. The topological polar surface area (TPSA) is 40.6 Å². The summed E-state index contributed by atoms with van der Waals surface area (Å²) in [5, 5.41) is 0. The summed E-state index contributed by atoms with van der Waals surface area (Å²) in [4.78, 5) is 30.4. The van der Waals surface area contributed by atoms with Gasteiger partial charge < -0.3 is 0 Å². The molecule has 8 atom stereocenters. The highest BCUT2D eigenvalue weighted by Gasteiger charge is 2.54. The first-order valence-electron chi connectivity index (χ1n) is 14.2. The van der Waals surface area contributed by atoms with Crippen LogP contribution in [0, 0.1) is 47.3 Å². The second-order valence-corrected chi connectivity index (χ2v) is 12.2. The van der Waals surface area contributed by atoms with Gasteiger partial charge in [-0.25, -0.2) is 0 Å². The molecule has 4 heteroatoms. The molecule has 6 rings (SSSR count). The van der Waals surface area contributed by atoms with Crippen LogP contribution in [-0.2, 0) is 16.0 Å². The standard InChI is InChI=1S/C35H38N2O2/c1-7-26-18-21(4)31-32(26)23(6)37(34(31)38)29-15-11-25(12-16-29)19-24-9-13-28(14-10-24)36-22(5)30-20(3)17-27(8-2)33(30)35(36)39/h7-16,20-21,26-27,30-33H,1-2,5-6,17-19H2,3-4H3. The van der Waals surface area contributed by atoms with Crippen molar-refractivity contribution in [3.8, 4) is 0 Å². The van der Waals surface area contributed by atoms with E-state index in [1.54, 1.807) is 0 Å². The molecule has 2 saturated carbocycles. The van der Waals surface area contributed by atoms with E-state index < -0.39 is 0 Å². The first kappa shape index (κ1) is 25.6. The third-order valence-electron chi connectivity index (χ3n) is 9.97. The molecule has 0 spiro atoms. The Hall–Kier alpha value is -3.66. The largest absolute Gasteiger partial charge is 0.285 e. The Kier molecular flexibility index (Phi) is 6.25.